The number of aliphatic hydroxyl groups is 1. The smallest absolute Gasteiger partial charge is 0.422 e. The number of likely N-dealkylation sites (tertiary alicyclic amines) is 1. The molecule has 2 aromatic carbocycles. The van der Waals surface area contributed by atoms with E-state index < -0.39 is 51.1 Å². The lowest BCUT2D eigenvalue weighted by molar-refractivity contribution is -0.153. The Bertz CT molecular complexity index is 1440. The Kier molecular flexibility index (Phi) is 7.32. The molecule has 1 unspecified atom stereocenters. The van der Waals surface area contributed by atoms with E-state index in [1.807, 2.05) is 30.3 Å². The first-order valence-electron chi connectivity index (χ1n) is 12.8. The fourth-order valence-electron chi connectivity index (χ4n) is 5.31. The van der Waals surface area contributed by atoms with Crippen LogP contribution in [0, 0.1) is 11.3 Å². The van der Waals surface area contributed by atoms with E-state index in [1.165, 1.54) is 4.90 Å². The number of carbonyl (C=O) groups excluding carboxylic acids is 1. The zero-order valence-electron chi connectivity index (χ0n) is 21.2. The van der Waals surface area contributed by atoms with Gasteiger partial charge in [0.25, 0.3) is 0 Å². The molecule has 2 aromatic rings. The lowest BCUT2D eigenvalue weighted by Crippen LogP contribution is -2.54. The maximum atomic E-state index is 14.0. The normalized spacial score (nSPS) is 23.8. The summed E-state index contributed by atoms with van der Waals surface area (Å²) in [5.74, 6) is -0.544. The molecule has 1 aliphatic heterocycles. The van der Waals surface area contributed by atoms with Crippen LogP contribution in [0.5, 0.6) is 5.75 Å². The summed E-state index contributed by atoms with van der Waals surface area (Å²) in [5, 5.41) is 22.0. The predicted octanol–water partition coefficient (Wildman–Crippen LogP) is 3.72. The highest BCUT2D eigenvalue weighted by Crippen LogP contribution is 2.51. The maximum absolute atomic E-state index is 14.0. The average molecular weight is 598 g/mol. The molecule has 0 spiro atoms. The molecule has 2 saturated carbocycles. The van der Waals surface area contributed by atoms with E-state index >= 15 is 0 Å². The van der Waals surface area contributed by atoms with Crippen molar-refractivity contribution in [3.8, 4) is 11.8 Å². The zero-order valence-corrected chi connectivity index (χ0v) is 22.8. The van der Waals surface area contributed by atoms with E-state index in [0.29, 0.717) is 25.7 Å². The third-order valence-electron chi connectivity index (χ3n) is 7.86. The summed E-state index contributed by atoms with van der Waals surface area (Å²) < 4.78 is 69.6. The lowest BCUT2D eigenvalue weighted by atomic mass is 9.94. The van der Waals surface area contributed by atoms with Crippen LogP contribution in [0.1, 0.15) is 37.7 Å². The first-order chi connectivity index (χ1) is 18.8. The monoisotopic (exact) mass is 597 g/mol. The SMILES string of the molecule is N#CC1(NC(O)[C@@H]2C[C@@H](S(=O)(=O)c3ccc(OCC(F)(F)F)cc3Cl)CN2C(=O)C2(c3ccccc3)CC2)CC1. The van der Waals surface area contributed by atoms with Gasteiger partial charge in [-0.05, 0) is 49.8 Å². The summed E-state index contributed by atoms with van der Waals surface area (Å²) in [6, 6.07) is 13.5. The van der Waals surface area contributed by atoms with Gasteiger partial charge < -0.3 is 14.7 Å². The third-order valence-corrected chi connectivity index (χ3v) is 10.5. The molecule has 13 heteroatoms. The molecular weight excluding hydrogens is 571 g/mol. The highest BCUT2D eigenvalue weighted by molar-refractivity contribution is 7.92. The number of nitrogens with one attached hydrogen (secondary N) is 1. The Morgan fingerprint density at radius 1 is 1.20 bits per heavy atom. The van der Waals surface area contributed by atoms with Gasteiger partial charge in [0.05, 0.1) is 32.7 Å². The molecule has 2 aliphatic carbocycles. The van der Waals surface area contributed by atoms with E-state index in [4.69, 9.17) is 11.6 Å². The Hall–Kier alpha value is -2.85. The molecule has 3 fully saturated rings. The van der Waals surface area contributed by atoms with Crippen LogP contribution in [0.15, 0.2) is 53.4 Å². The Labute approximate surface area is 234 Å². The molecule has 1 saturated heterocycles. The van der Waals surface area contributed by atoms with Gasteiger partial charge in [0.2, 0.25) is 5.91 Å². The fourth-order valence-corrected chi connectivity index (χ4v) is 7.55. The van der Waals surface area contributed by atoms with Crippen molar-refractivity contribution in [2.24, 2.45) is 0 Å². The molecule has 3 aliphatic rings. The van der Waals surface area contributed by atoms with Gasteiger partial charge in [-0.3, -0.25) is 10.1 Å². The number of hydrogen-bond donors (Lipinski definition) is 2. The maximum Gasteiger partial charge on any atom is 0.422 e. The number of benzene rings is 2. The van der Waals surface area contributed by atoms with E-state index in [2.05, 4.69) is 16.1 Å². The van der Waals surface area contributed by atoms with Crippen LogP contribution in [0.2, 0.25) is 5.02 Å². The van der Waals surface area contributed by atoms with Crippen LogP contribution >= 0.6 is 11.6 Å². The summed E-state index contributed by atoms with van der Waals surface area (Å²) >= 11 is 6.20. The number of ether oxygens (including phenoxy) is 1. The van der Waals surface area contributed by atoms with Crippen LogP contribution in [0.3, 0.4) is 0 Å². The molecule has 0 bridgehead atoms. The van der Waals surface area contributed by atoms with E-state index in [9.17, 15) is 36.8 Å². The number of carbonyl (C=O) groups is 1. The highest BCUT2D eigenvalue weighted by Gasteiger charge is 2.58. The molecule has 0 radical (unpaired) electrons. The predicted molar refractivity (Wildman–Crippen MR) is 138 cm³/mol. The number of aliphatic hydroxyl groups excluding tert-OH is 1. The quantitative estimate of drug-likeness (QED) is 0.423. The summed E-state index contributed by atoms with van der Waals surface area (Å²) in [7, 11) is -4.19. The molecule has 2 N–H and O–H groups in total. The van der Waals surface area contributed by atoms with Crippen molar-refractivity contribution in [1.82, 2.24) is 10.2 Å². The second kappa shape index (κ2) is 10.2. The molecule has 214 valence electrons. The molecule has 1 amide bonds. The topological polar surface area (TPSA) is 120 Å². The van der Waals surface area contributed by atoms with Gasteiger partial charge in [-0.15, -0.1) is 0 Å². The summed E-state index contributed by atoms with van der Waals surface area (Å²) in [5.41, 5.74) is -0.933. The van der Waals surface area contributed by atoms with Gasteiger partial charge in [-0.1, -0.05) is 41.9 Å². The Balaban J connectivity index is 1.42. The van der Waals surface area contributed by atoms with Crippen LogP contribution < -0.4 is 10.1 Å². The number of sulfone groups is 1. The Morgan fingerprint density at radius 2 is 1.88 bits per heavy atom. The number of hydrogen-bond acceptors (Lipinski definition) is 7. The van der Waals surface area contributed by atoms with Crippen molar-refractivity contribution in [3.05, 3.63) is 59.1 Å². The summed E-state index contributed by atoms with van der Waals surface area (Å²) in [4.78, 5) is 15.0. The second-order valence-corrected chi connectivity index (χ2v) is 13.3. The number of amides is 1. The van der Waals surface area contributed by atoms with Gasteiger partial charge in [0.15, 0.2) is 16.4 Å². The minimum atomic E-state index is -4.58. The third kappa shape index (κ3) is 5.52. The summed E-state index contributed by atoms with van der Waals surface area (Å²) in [6.07, 6.45) is -3.86. The number of alkyl halides is 3. The molecule has 3 atom stereocenters. The van der Waals surface area contributed by atoms with Crippen molar-refractivity contribution in [2.75, 3.05) is 13.2 Å². The highest BCUT2D eigenvalue weighted by atomic mass is 35.5. The number of nitrogens with zero attached hydrogens (tertiary/aromatic N) is 2. The van der Waals surface area contributed by atoms with Gasteiger partial charge in [0.1, 0.15) is 17.5 Å². The summed E-state index contributed by atoms with van der Waals surface area (Å²) in [6.45, 7) is -1.78. The number of nitriles is 1. The van der Waals surface area contributed by atoms with E-state index in [-0.39, 0.29) is 34.5 Å². The molecule has 40 heavy (non-hydrogen) atoms. The lowest BCUT2D eigenvalue weighted by Gasteiger charge is -2.33. The molecule has 8 nitrogen and oxygen atoms in total. The van der Waals surface area contributed by atoms with E-state index in [0.717, 1.165) is 23.8 Å². The Morgan fingerprint density at radius 3 is 2.42 bits per heavy atom. The van der Waals surface area contributed by atoms with E-state index in [1.54, 1.807) is 0 Å². The fraction of sp³-hybridized carbons (Fsp3) is 0.481. The van der Waals surface area contributed by atoms with Crippen LogP contribution in [0.25, 0.3) is 0 Å². The van der Waals surface area contributed by atoms with Gasteiger partial charge in [-0.25, -0.2) is 8.42 Å². The van der Waals surface area contributed by atoms with Crippen molar-refractivity contribution in [2.45, 2.75) is 71.6 Å². The van der Waals surface area contributed by atoms with Crippen LogP contribution in [-0.4, -0.2) is 66.7 Å². The van der Waals surface area contributed by atoms with Crippen LogP contribution in [0.4, 0.5) is 13.2 Å². The number of halogens is 4. The van der Waals surface area contributed by atoms with Crippen molar-refractivity contribution in [3.63, 3.8) is 0 Å². The minimum absolute atomic E-state index is 0.128. The van der Waals surface area contributed by atoms with Gasteiger partial charge in [-0.2, -0.15) is 18.4 Å². The molecule has 5 rings (SSSR count). The standard InChI is InChI=1S/C27H27ClF3N3O5S/c28-20-12-18(39-16-27(29,30)31)6-7-22(20)40(37,38)19-13-21(23(35)33-25(15-32)8-9-25)34(14-19)24(36)26(10-11-26)17-4-2-1-3-5-17/h1-7,12,19,21,23,33,35H,8-11,13-14,16H2/t19-,21+,23?/m1/s1. The molecule has 0 aromatic heterocycles. The number of rotatable bonds is 9. The first-order valence-corrected chi connectivity index (χ1v) is 14.7. The largest absolute Gasteiger partial charge is 0.484 e. The van der Waals surface area contributed by atoms with Gasteiger partial charge >= 0.3 is 6.18 Å². The van der Waals surface area contributed by atoms with Crippen molar-refractivity contribution in [1.29, 1.82) is 5.26 Å². The second-order valence-electron chi connectivity index (χ2n) is 10.7. The molecule has 1 heterocycles. The minimum Gasteiger partial charge on any atom is -0.484 e. The first kappa shape index (κ1) is 28.7. The van der Waals surface area contributed by atoms with Crippen molar-refractivity contribution >= 4 is 27.3 Å². The van der Waals surface area contributed by atoms with Crippen LogP contribution in [-0.2, 0) is 20.0 Å². The average Bonchev–Trinajstić information content (AvgIpc) is 3.83. The molecular formula is C27H27ClF3N3O5S. The zero-order chi connectivity index (χ0) is 28.9. The van der Waals surface area contributed by atoms with Gasteiger partial charge in [0, 0.05) is 12.6 Å². The van der Waals surface area contributed by atoms with Crippen molar-refractivity contribution < 1.29 is 36.2 Å².